The van der Waals surface area contributed by atoms with Crippen molar-refractivity contribution in [2.24, 2.45) is 0 Å². The largest absolute Gasteiger partial charge is 0.475 e. The summed E-state index contributed by atoms with van der Waals surface area (Å²) < 4.78 is 115. The molecular formula is C15H13F8NO6S. The number of benzene rings is 1. The van der Waals surface area contributed by atoms with E-state index in [0.717, 1.165) is 13.8 Å². The van der Waals surface area contributed by atoms with Gasteiger partial charge in [0, 0.05) is 5.56 Å². The van der Waals surface area contributed by atoms with E-state index in [1.807, 2.05) is 0 Å². The van der Waals surface area contributed by atoms with Crippen molar-refractivity contribution in [1.82, 2.24) is 0 Å². The number of rotatable bonds is 6. The Balaban J connectivity index is 2.53. The second kappa shape index (κ2) is 6.86. The summed E-state index contributed by atoms with van der Waals surface area (Å²) in [5.74, 6) is -2.53. The van der Waals surface area contributed by atoms with Gasteiger partial charge < -0.3 is 14.3 Å². The summed E-state index contributed by atoms with van der Waals surface area (Å²) in [7, 11) is -10.2. The van der Waals surface area contributed by atoms with Crippen LogP contribution in [-0.4, -0.2) is 36.0 Å². The van der Waals surface area contributed by atoms with Gasteiger partial charge in [0.25, 0.3) is 5.09 Å². The van der Waals surface area contributed by atoms with Crippen LogP contribution in [0.25, 0.3) is 6.08 Å². The fraction of sp³-hybridized carbons (Fsp3) is 0.400. The molecule has 0 bridgehead atoms. The number of hydrogen-bond acceptors (Lipinski definition) is 6. The van der Waals surface area contributed by atoms with Crippen LogP contribution in [-0.2, 0) is 14.4 Å². The quantitative estimate of drug-likeness (QED) is 0.228. The molecule has 0 N–H and O–H groups in total. The Bertz CT molecular complexity index is 960. The smallest absolute Gasteiger partial charge is 0.430 e. The van der Waals surface area contributed by atoms with Crippen LogP contribution < -0.4 is 4.74 Å². The Labute approximate surface area is 168 Å². The van der Waals surface area contributed by atoms with E-state index in [0.29, 0.717) is 6.08 Å². The fourth-order valence-electron chi connectivity index (χ4n) is 2.54. The molecule has 0 fully saturated rings. The lowest BCUT2D eigenvalue weighted by molar-refractivity contribution is -0.759. The summed E-state index contributed by atoms with van der Waals surface area (Å²) in [6.45, 7) is 1.000. The number of carbonyl (C=O) groups is 1. The van der Waals surface area contributed by atoms with Crippen molar-refractivity contribution in [2.45, 2.75) is 37.1 Å². The number of hydrogen-bond donors (Lipinski definition) is 0. The minimum Gasteiger partial charge on any atom is -0.475 e. The third-order valence-corrected chi connectivity index (χ3v) is 4.93. The van der Waals surface area contributed by atoms with Gasteiger partial charge in [0.05, 0.1) is 5.57 Å². The van der Waals surface area contributed by atoms with Crippen molar-refractivity contribution in [3.63, 3.8) is 0 Å². The van der Waals surface area contributed by atoms with E-state index < -0.39 is 73.6 Å². The highest BCUT2D eigenvalue weighted by molar-refractivity contribution is 8.45. The molecule has 0 saturated carbocycles. The summed E-state index contributed by atoms with van der Waals surface area (Å²) in [6, 6.07) is -0.189. The standard InChI is InChI=1S/C15H13F8NO6S/c1-7-3-10(31(19,20,21,22)23)4-9-5-11(13(15(16,17)18)30-12(7)9)14(25)29-8(2)6-28-24(26)27/h3-5,8,13H,6H2,1-2H3. The number of halogens is 8. The highest BCUT2D eigenvalue weighted by atomic mass is 32.5. The zero-order valence-electron chi connectivity index (χ0n) is 15.4. The lowest BCUT2D eigenvalue weighted by Gasteiger charge is -2.41. The first-order chi connectivity index (χ1) is 13.7. The van der Waals surface area contributed by atoms with E-state index in [1.165, 1.54) is 0 Å². The highest BCUT2D eigenvalue weighted by Gasteiger charge is 2.65. The molecule has 1 heterocycles. The molecule has 0 amide bonds. The van der Waals surface area contributed by atoms with Crippen LogP contribution in [0, 0.1) is 17.0 Å². The number of esters is 1. The average molecular weight is 487 g/mol. The summed E-state index contributed by atoms with van der Waals surface area (Å²) in [6.07, 6.45) is -9.37. The first kappa shape index (κ1) is 24.5. The molecule has 0 aromatic heterocycles. The average Bonchev–Trinajstić information content (AvgIpc) is 2.56. The molecule has 1 aromatic carbocycles. The van der Waals surface area contributed by atoms with Crippen LogP contribution >= 0.6 is 10.2 Å². The highest BCUT2D eigenvalue weighted by Crippen LogP contribution is 3.02. The van der Waals surface area contributed by atoms with Crippen molar-refractivity contribution in [2.75, 3.05) is 6.61 Å². The number of carbonyl (C=O) groups excluding carboxylic acids is 1. The van der Waals surface area contributed by atoms with Gasteiger partial charge in [-0.2, -0.15) is 13.2 Å². The molecule has 1 aromatic rings. The van der Waals surface area contributed by atoms with Crippen molar-refractivity contribution in [3.8, 4) is 5.75 Å². The lowest BCUT2D eigenvalue weighted by Crippen LogP contribution is -2.41. The normalized spacial score (nSPS) is 19.7. The van der Waals surface area contributed by atoms with Crippen molar-refractivity contribution in [1.29, 1.82) is 0 Å². The molecule has 2 rings (SSSR count). The van der Waals surface area contributed by atoms with Crippen molar-refractivity contribution in [3.05, 3.63) is 38.9 Å². The second-order valence-electron chi connectivity index (χ2n) is 6.50. The van der Waals surface area contributed by atoms with Crippen LogP contribution in [0.15, 0.2) is 22.6 Å². The van der Waals surface area contributed by atoms with Crippen molar-refractivity contribution < 1.29 is 56.8 Å². The Hall–Kier alpha value is -2.78. The molecule has 0 spiro atoms. The Morgan fingerprint density at radius 2 is 1.84 bits per heavy atom. The van der Waals surface area contributed by atoms with E-state index in [1.54, 1.807) is 0 Å². The van der Waals surface area contributed by atoms with E-state index in [4.69, 9.17) is 0 Å². The van der Waals surface area contributed by atoms with Gasteiger partial charge in [0.15, 0.2) is 0 Å². The van der Waals surface area contributed by atoms with E-state index in [9.17, 15) is 47.5 Å². The topological polar surface area (TPSA) is 87.9 Å². The molecule has 0 saturated heterocycles. The number of nitrogens with zero attached hydrogens (tertiary/aromatic N) is 1. The summed E-state index contributed by atoms with van der Waals surface area (Å²) in [5, 5.41) is 8.86. The maximum atomic E-state index is 13.4. The fourth-order valence-corrected chi connectivity index (χ4v) is 3.29. The molecule has 1 aliphatic heterocycles. The first-order valence-corrected chi connectivity index (χ1v) is 9.96. The molecule has 176 valence electrons. The molecule has 1 aliphatic rings. The summed E-state index contributed by atoms with van der Waals surface area (Å²) in [5.41, 5.74) is -2.87. The van der Waals surface area contributed by atoms with Crippen molar-refractivity contribution >= 4 is 22.3 Å². The van der Waals surface area contributed by atoms with Gasteiger partial charge in [-0.05, 0) is 37.6 Å². The summed E-state index contributed by atoms with van der Waals surface area (Å²) >= 11 is 0. The van der Waals surface area contributed by atoms with Gasteiger partial charge in [-0.1, -0.05) is 19.4 Å². The Morgan fingerprint density at radius 1 is 1.26 bits per heavy atom. The number of alkyl halides is 3. The van der Waals surface area contributed by atoms with Gasteiger partial charge in [-0.3, -0.25) is 0 Å². The molecule has 0 aliphatic carbocycles. The maximum absolute atomic E-state index is 13.4. The molecule has 7 nitrogen and oxygen atoms in total. The molecule has 2 unspecified atom stereocenters. The lowest BCUT2D eigenvalue weighted by atomic mass is 9.99. The minimum absolute atomic E-state index is 0.0536. The number of ether oxygens (including phenoxy) is 2. The van der Waals surface area contributed by atoms with Crippen LogP contribution in [0.1, 0.15) is 18.1 Å². The zero-order chi connectivity index (χ0) is 24.1. The predicted octanol–water partition coefficient (Wildman–Crippen LogP) is 5.50. The van der Waals surface area contributed by atoms with Gasteiger partial charge >= 0.3 is 22.4 Å². The van der Waals surface area contributed by atoms with Crippen LogP contribution in [0.5, 0.6) is 5.75 Å². The zero-order valence-corrected chi connectivity index (χ0v) is 16.2. The first-order valence-electron chi connectivity index (χ1n) is 8.01. The third kappa shape index (κ3) is 5.89. The van der Waals surface area contributed by atoms with E-state index in [-0.39, 0.29) is 12.1 Å². The van der Waals surface area contributed by atoms with Crippen LogP contribution in [0.3, 0.4) is 0 Å². The van der Waals surface area contributed by atoms with E-state index >= 15 is 0 Å². The Morgan fingerprint density at radius 3 is 2.32 bits per heavy atom. The predicted molar refractivity (Wildman–Crippen MR) is 89.5 cm³/mol. The molecule has 31 heavy (non-hydrogen) atoms. The van der Waals surface area contributed by atoms with Crippen LogP contribution in [0.2, 0.25) is 0 Å². The molecular weight excluding hydrogens is 474 g/mol. The molecule has 16 heteroatoms. The number of aryl methyl sites for hydroxylation is 1. The van der Waals surface area contributed by atoms with Gasteiger partial charge in [-0.15, -0.1) is 10.1 Å². The van der Waals surface area contributed by atoms with Gasteiger partial charge in [0.2, 0.25) is 6.10 Å². The molecule has 0 radical (unpaired) electrons. The monoisotopic (exact) mass is 487 g/mol. The third-order valence-electron chi connectivity index (χ3n) is 3.81. The minimum atomic E-state index is -10.2. The SMILES string of the molecule is Cc1cc(S(F)(F)(F)(F)F)cc2c1OC(C(F)(F)F)C(C(=O)OC(C)CO[N+](=O)[O-])=C2. The number of fused-ring (bicyclic) bond motifs is 1. The van der Waals surface area contributed by atoms with E-state index in [2.05, 4.69) is 14.3 Å². The van der Waals surface area contributed by atoms with Gasteiger partial charge in [0.1, 0.15) is 23.4 Å². The maximum Gasteiger partial charge on any atom is 0.430 e. The second-order valence-corrected chi connectivity index (χ2v) is 8.91. The van der Waals surface area contributed by atoms with Gasteiger partial charge in [-0.25, -0.2) is 4.79 Å². The molecule has 2 atom stereocenters. The Kier molecular flexibility index (Phi) is 5.42. The summed E-state index contributed by atoms with van der Waals surface area (Å²) in [4.78, 5) is 23.8. The van der Waals surface area contributed by atoms with Crippen LogP contribution in [0.4, 0.5) is 32.6 Å².